The average molecular weight is 419 g/mol. The fourth-order valence-electron chi connectivity index (χ4n) is 5.96. The van der Waals surface area contributed by atoms with E-state index in [4.69, 9.17) is 11.0 Å². The molecule has 3 aliphatic rings. The topological polar surface area (TPSA) is 95.3 Å². The normalized spacial score (nSPS) is 29.7. The summed E-state index contributed by atoms with van der Waals surface area (Å²) in [5.74, 6) is 0.677. The molecule has 2 saturated heterocycles. The monoisotopic (exact) mass is 418 g/mol. The van der Waals surface area contributed by atoms with Gasteiger partial charge in [0.2, 0.25) is 0 Å². The van der Waals surface area contributed by atoms with Crippen molar-refractivity contribution >= 4 is 5.78 Å². The Hall–Kier alpha value is -2.46. The summed E-state index contributed by atoms with van der Waals surface area (Å²) < 4.78 is 2.17. The van der Waals surface area contributed by atoms with Crippen LogP contribution in [0.3, 0.4) is 0 Å². The van der Waals surface area contributed by atoms with E-state index < -0.39 is 0 Å². The smallest absolute Gasteiger partial charge is 0.178 e. The molecule has 31 heavy (non-hydrogen) atoms. The zero-order valence-electron chi connectivity index (χ0n) is 18.0. The molecule has 3 fully saturated rings. The van der Waals surface area contributed by atoms with Crippen LogP contribution in [-0.2, 0) is 6.42 Å². The highest BCUT2D eigenvalue weighted by molar-refractivity contribution is 5.99. The Labute approximate surface area is 183 Å². The summed E-state index contributed by atoms with van der Waals surface area (Å²) in [6, 6.07) is 12.5. The number of nitrogens with two attached hydrogens (primary N) is 1. The molecule has 2 aromatic rings. The first-order valence-corrected chi connectivity index (χ1v) is 11.4. The number of fused-ring (bicyclic) bond motifs is 2. The van der Waals surface area contributed by atoms with Crippen LogP contribution in [0.25, 0.3) is 5.69 Å². The van der Waals surface area contributed by atoms with Crippen LogP contribution in [0.15, 0.2) is 30.3 Å². The van der Waals surface area contributed by atoms with Crippen LogP contribution in [0.2, 0.25) is 0 Å². The lowest BCUT2D eigenvalue weighted by atomic mass is 9.78. The van der Waals surface area contributed by atoms with E-state index in [1.54, 1.807) is 0 Å². The standard InChI is InChI=1S/C25H30N4O2/c1-15-22(25(31)14-28-20-6-7-23(28)24(30)12-20)11-21(10-17-8-18(27)9-17)29(15)19-4-2-16(13-26)3-5-19/h2-5,11,17-18,20,23-24,30H,6-10,12,14,27H2,1H3/t17-,18-,20?,23?,24-/m0/s1. The SMILES string of the molecule is Cc1c(C(=O)CN2C3CCC2[C@@H](O)C3)cc(C[C@H]2C[C@H](N)C2)n1-c1ccc(C#N)cc1. The van der Waals surface area contributed by atoms with Gasteiger partial charge in [-0.3, -0.25) is 9.69 Å². The lowest BCUT2D eigenvalue weighted by molar-refractivity contribution is 0.0873. The molecule has 3 atom stereocenters. The molecule has 162 valence electrons. The highest BCUT2D eigenvalue weighted by Gasteiger charge is 2.46. The summed E-state index contributed by atoms with van der Waals surface area (Å²) in [6.07, 6.45) is 5.50. The Balaban J connectivity index is 1.45. The van der Waals surface area contributed by atoms with Gasteiger partial charge in [-0.15, -0.1) is 0 Å². The Bertz CT molecular complexity index is 1030. The molecule has 1 saturated carbocycles. The molecular weight excluding hydrogens is 388 g/mol. The van der Waals surface area contributed by atoms with E-state index in [0.29, 0.717) is 30.1 Å². The van der Waals surface area contributed by atoms with Crippen LogP contribution in [0.1, 0.15) is 59.4 Å². The van der Waals surface area contributed by atoms with Crippen molar-refractivity contribution in [3.63, 3.8) is 0 Å². The van der Waals surface area contributed by atoms with E-state index in [2.05, 4.69) is 21.6 Å². The quantitative estimate of drug-likeness (QED) is 0.704. The molecule has 5 rings (SSSR count). The Kier molecular flexibility index (Phi) is 5.21. The molecule has 3 heterocycles. The highest BCUT2D eigenvalue weighted by Crippen LogP contribution is 2.38. The van der Waals surface area contributed by atoms with Crippen LogP contribution in [0, 0.1) is 24.2 Å². The lowest BCUT2D eigenvalue weighted by Crippen LogP contribution is -2.37. The van der Waals surface area contributed by atoms with Crippen LogP contribution in [0.5, 0.6) is 0 Å². The summed E-state index contributed by atoms with van der Waals surface area (Å²) in [6.45, 7) is 2.38. The average Bonchev–Trinajstić information content (AvgIpc) is 3.37. The molecule has 1 aromatic carbocycles. The number of Topliss-reactive ketones (excluding diaryl/α,β-unsaturated/α-hetero) is 1. The zero-order chi connectivity index (χ0) is 21.7. The van der Waals surface area contributed by atoms with E-state index in [1.165, 1.54) is 0 Å². The predicted octanol–water partition coefficient (Wildman–Crippen LogP) is 2.72. The maximum Gasteiger partial charge on any atom is 0.178 e. The second-order valence-corrected chi connectivity index (χ2v) is 9.63. The van der Waals surface area contributed by atoms with Crippen molar-refractivity contribution < 1.29 is 9.90 Å². The number of nitriles is 1. The third-order valence-electron chi connectivity index (χ3n) is 7.62. The number of carbonyl (C=O) groups is 1. The minimum atomic E-state index is -0.297. The first-order chi connectivity index (χ1) is 14.9. The van der Waals surface area contributed by atoms with Crippen LogP contribution in [0.4, 0.5) is 0 Å². The molecule has 0 radical (unpaired) electrons. The second-order valence-electron chi connectivity index (χ2n) is 9.63. The van der Waals surface area contributed by atoms with Gasteiger partial charge in [0.25, 0.3) is 0 Å². The predicted molar refractivity (Wildman–Crippen MR) is 118 cm³/mol. The third-order valence-corrected chi connectivity index (χ3v) is 7.62. The van der Waals surface area contributed by atoms with Crippen LogP contribution in [-0.4, -0.2) is 51.1 Å². The van der Waals surface area contributed by atoms with Crippen LogP contribution >= 0.6 is 0 Å². The molecule has 2 aliphatic heterocycles. The van der Waals surface area contributed by atoms with Gasteiger partial charge in [0.05, 0.1) is 24.3 Å². The van der Waals surface area contributed by atoms with Gasteiger partial charge in [0, 0.05) is 40.8 Å². The minimum Gasteiger partial charge on any atom is -0.391 e. The minimum absolute atomic E-state index is 0.127. The van der Waals surface area contributed by atoms with Crippen molar-refractivity contribution in [2.75, 3.05) is 6.54 Å². The third kappa shape index (κ3) is 3.61. The van der Waals surface area contributed by atoms with E-state index >= 15 is 0 Å². The molecule has 0 spiro atoms. The fraction of sp³-hybridized carbons (Fsp3) is 0.520. The lowest BCUT2D eigenvalue weighted by Gasteiger charge is -2.32. The van der Waals surface area contributed by atoms with Gasteiger partial charge in [-0.2, -0.15) is 5.26 Å². The zero-order valence-corrected chi connectivity index (χ0v) is 18.0. The van der Waals surface area contributed by atoms with Gasteiger partial charge in [0.15, 0.2) is 5.78 Å². The van der Waals surface area contributed by atoms with E-state index in [1.807, 2.05) is 31.2 Å². The molecule has 6 nitrogen and oxygen atoms in total. The van der Waals surface area contributed by atoms with Crippen LogP contribution < -0.4 is 5.73 Å². The molecule has 1 aliphatic carbocycles. The summed E-state index contributed by atoms with van der Waals surface area (Å²) >= 11 is 0. The number of ketones is 1. The molecule has 1 aromatic heterocycles. The Morgan fingerprint density at radius 2 is 1.97 bits per heavy atom. The van der Waals surface area contributed by atoms with E-state index in [-0.39, 0.29) is 17.9 Å². The first-order valence-electron chi connectivity index (χ1n) is 11.4. The largest absolute Gasteiger partial charge is 0.391 e. The van der Waals surface area contributed by atoms with Crippen molar-refractivity contribution in [3.05, 3.63) is 52.8 Å². The summed E-state index contributed by atoms with van der Waals surface area (Å²) in [7, 11) is 0. The van der Waals surface area contributed by atoms with Gasteiger partial charge in [-0.1, -0.05) is 0 Å². The van der Waals surface area contributed by atoms with Crippen molar-refractivity contribution in [1.82, 2.24) is 9.47 Å². The van der Waals surface area contributed by atoms with Crippen molar-refractivity contribution in [2.24, 2.45) is 11.7 Å². The number of hydrogen-bond acceptors (Lipinski definition) is 5. The number of nitrogens with zero attached hydrogens (tertiary/aromatic N) is 3. The van der Waals surface area contributed by atoms with Gasteiger partial charge < -0.3 is 15.4 Å². The molecule has 3 N–H and O–H groups in total. The summed E-state index contributed by atoms with van der Waals surface area (Å²) in [4.78, 5) is 15.6. The highest BCUT2D eigenvalue weighted by atomic mass is 16.3. The molecule has 0 amide bonds. The maximum atomic E-state index is 13.4. The summed E-state index contributed by atoms with van der Waals surface area (Å²) in [5.41, 5.74) is 10.4. The van der Waals surface area contributed by atoms with Crippen molar-refractivity contribution in [1.29, 1.82) is 5.26 Å². The number of rotatable bonds is 6. The van der Waals surface area contributed by atoms with Gasteiger partial charge in [0.1, 0.15) is 0 Å². The summed E-state index contributed by atoms with van der Waals surface area (Å²) in [5, 5.41) is 19.4. The van der Waals surface area contributed by atoms with E-state index in [0.717, 1.165) is 61.2 Å². The number of aliphatic hydroxyl groups excluding tert-OH is 1. The number of carbonyl (C=O) groups excluding carboxylic acids is 1. The van der Waals surface area contributed by atoms with Gasteiger partial charge >= 0.3 is 0 Å². The van der Waals surface area contributed by atoms with Gasteiger partial charge in [-0.25, -0.2) is 0 Å². The number of hydrogen-bond donors (Lipinski definition) is 2. The second kappa shape index (κ2) is 7.90. The fourth-order valence-corrected chi connectivity index (χ4v) is 5.96. The Morgan fingerprint density at radius 1 is 1.23 bits per heavy atom. The first kappa shape index (κ1) is 20.4. The number of benzene rings is 1. The molecule has 6 heteroatoms. The number of aromatic nitrogens is 1. The maximum absolute atomic E-state index is 13.4. The molecular formula is C25H30N4O2. The van der Waals surface area contributed by atoms with Crippen molar-refractivity contribution in [3.8, 4) is 11.8 Å². The van der Waals surface area contributed by atoms with Gasteiger partial charge in [-0.05, 0) is 81.7 Å². The van der Waals surface area contributed by atoms with Crippen molar-refractivity contribution in [2.45, 2.75) is 69.7 Å². The van der Waals surface area contributed by atoms with E-state index in [9.17, 15) is 9.90 Å². The molecule has 2 unspecified atom stereocenters. The number of aliphatic hydroxyl groups is 1. The molecule has 2 bridgehead atoms. The Morgan fingerprint density at radius 3 is 2.55 bits per heavy atom.